The largest absolute Gasteiger partial charge is 0.484 e. The highest BCUT2D eigenvalue weighted by Crippen LogP contribution is 2.27. The smallest absolute Gasteiger partial charge is 0.261 e. The monoisotopic (exact) mass is 470 g/mol. The van der Waals surface area contributed by atoms with Crippen LogP contribution in [0.4, 0.5) is 0 Å². The van der Waals surface area contributed by atoms with Crippen LogP contribution in [0.3, 0.4) is 0 Å². The molecule has 8 heteroatoms. The number of carbonyl (C=O) groups excluding carboxylic acids is 2. The molecule has 0 spiro atoms. The van der Waals surface area contributed by atoms with Gasteiger partial charge in [-0.3, -0.25) is 9.59 Å². The summed E-state index contributed by atoms with van der Waals surface area (Å²) in [6, 6.07) is 11.1. The number of ether oxygens (including phenoxy) is 1. The molecular weight excluding hydrogens is 447 g/mol. The first-order chi connectivity index (χ1) is 14.2. The van der Waals surface area contributed by atoms with Gasteiger partial charge in [0.15, 0.2) is 6.61 Å². The zero-order chi connectivity index (χ0) is 22.3. The molecule has 0 aliphatic heterocycles. The number of amides is 2. The molecule has 162 valence electrons. The van der Waals surface area contributed by atoms with Crippen LogP contribution in [0.5, 0.6) is 5.75 Å². The number of halogens is 3. The van der Waals surface area contributed by atoms with Gasteiger partial charge in [0.25, 0.3) is 5.91 Å². The Hall–Kier alpha value is -1.95. The predicted octanol–water partition coefficient (Wildman–Crippen LogP) is 5.36. The molecule has 0 saturated heterocycles. The van der Waals surface area contributed by atoms with Gasteiger partial charge in [0.1, 0.15) is 11.8 Å². The van der Waals surface area contributed by atoms with Crippen LogP contribution in [-0.4, -0.2) is 35.4 Å². The van der Waals surface area contributed by atoms with Crippen LogP contribution in [0.15, 0.2) is 42.5 Å². The van der Waals surface area contributed by atoms with Crippen molar-refractivity contribution in [3.05, 3.63) is 63.1 Å². The molecule has 0 bridgehead atoms. The van der Waals surface area contributed by atoms with Gasteiger partial charge in [0.05, 0.1) is 0 Å². The summed E-state index contributed by atoms with van der Waals surface area (Å²) in [5, 5.41) is 4.25. The molecule has 0 aromatic heterocycles. The van der Waals surface area contributed by atoms with E-state index < -0.39 is 6.04 Å². The Morgan fingerprint density at radius 1 is 1.07 bits per heavy atom. The summed E-state index contributed by atoms with van der Waals surface area (Å²) < 4.78 is 5.59. The first-order valence-electron chi connectivity index (χ1n) is 9.64. The van der Waals surface area contributed by atoms with Crippen LogP contribution < -0.4 is 10.1 Å². The maximum atomic E-state index is 13.0. The van der Waals surface area contributed by atoms with Crippen molar-refractivity contribution < 1.29 is 14.3 Å². The van der Waals surface area contributed by atoms with Crippen LogP contribution in [0.25, 0.3) is 0 Å². The fourth-order valence-corrected chi connectivity index (χ4v) is 3.38. The lowest BCUT2D eigenvalue weighted by atomic mass is 10.1. The molecule has 30 heavy (non-hydrogen) atoms. The van der Waals surface area contributed by atoms with E-state index in [1.54, 1.807) is 49.4 Å². The van der Waals surface area contributed by atoms with E-state index >= 15 is 0 Å². The molecule has 0 radical (unpaired) electrons. The average Bonchev–Trinajstić information content (AvgIpc) is 2.71. The van der Waals surface area contributed by atoms with Crippen molar-refractivity contribution >= 4 is 46.6 Å². The van der Waals surface area contributed by atoms with E-state index in [0.717, 1.165) is 6.42 Å². The standard InChI is InChI=1S/C22H25Cl3N2O3/c1-4-14(2)26-22(29)15(3)27(12-18-19(24)9-6-10-20(18)25)21(28)13-30-17-8-5-7-16(23)11-17/h5-11,14-15H,4,12-13H2,1-3H3,(H,26,29)/t14-,15+/m1/s1. The van der Waals surface area contributed by atoms with Gasteiger partial charge in [0.2, 0.25) is 5.91 Å². The number of nitrogens with zero attached hydrogens (tertiary/aromatic N) is 1. The molecule has 2 rings (SSSR count). The highest BCUT2D eigenvalue weighted by Gasteiger charge is 2.28. The molecule has 2 aromatic carbocycles. The molecule has 2 atom stereocenters. The lowest BCUT2D eigenvalue weighted by Crippen LogP contribution is -2.50. The Kier molecular flexibility index (Phi) is 9.28. The van der Waals surface area contributed by atoms with E-state index in [1.807, 2.05) is 13.8 Å². The van der Waals surface area contributed by atoms with Crippen molar-refractivity contribution in [1.29, 1.82) is 0 Å². The van der Waals surface area contributed by atoms with Gasteiger partial charge >= 0.3 is 0 Å². The molecule has 1 N–H and O–H groups in total. The van der Waals surface area contributed by atoms with E-state index in [2.05, 4.69) is 5.32 Å². The predicted molar refractivity (Wildman–Crippen MR) is 121 cm³/mol. The number of benzene rings is 2. The third-order valence-corrected chi connectivity index (χ3v) is 5.66. The van der Waals surface area contributed by atoms with E-state index in [1.165, 1.54) is 4.90 Å². The van der Waals surface area contributed by atoms with Crippen molar-refractivity contribution in [2.75, 3.05) is 6.61 Å². The van der Waals surface area contributed by atoms with Crippen molar-refractivity contribution in [2.45, 2.75) is 45.8 Å². The van der Waals surface area contributed by atoms with Crippen molar-refractivity contribution in [3.63, 3.8) is 0 Å². The molecule has 0 saturated carbocycles. The average molecular weight is 472 g/mol. The van der Waals surface area contributed by atoms with Crippen molar-refractivity contribution in [3.8, 4) is 5.75 Å². The van der Waals surface area contributed by atoms with E-state index in [0.29, 0.717) is 26.4 Å². The highest BCUT2D eigenvalue weighted by atomic mass is 35.5. The molecule has 0 aliphatic rings. The normalized spacial score (nSPS) is 12.7. The fourth-order valence-electron chi connectivity index (χ4n) is 2.69. The Labute approximate surface area is 192 Å². The van der Waals surface area contributed by atoms with E-state index in [9.17, 15) is 9.59 Å². The van der Waals surface area contributed by atoms with Gasteiger partial charge in [-0.05, 0) is 50.6 Å². The van der Waals surface area contributed by atoms with Crippen LogP contribution in [0, 0.1) is 0 Å². The molecule has 0 aliphatic carbocycles. The molecule has 0 unspecified atom stereocenters. The number of rotatable bonds is 9. The second kappa shape index (κ2) is 11.4. The van der Waals surface area contributed by atoms with Crippen LogP contribution in [0.2, 0.25) is 15.1 Å². The third kappa shape index (κ3) is 6.79. The number of hydrogen-bond donors (Lipinski definition) is 1. The minimum absolute atomic E-state index is 0.0106. The molecule has 2 amide bonds. The zero-order valence-corrected chi connectivity index (χ0v) is 19.4. The summed E-state index contributed by atoms with van der Waals surface area (Å²) >= 11 is 18.5. The van der Waals surface area contributed by atoms with Crippen molar-refractivity contribution in [2.24, 2.45) is 0 Å². The van der Waals surface area contributed by atoms with Crippen molar-refractivity contribution in [1.82, 2.24) is 10.2 Å². The summed E-state index contributed by atoms with van der Waals surface area (Å²) in [6.07, 6.45) is 0.778. The second-order valence-electron chi connectivity index (χ2n) is 6.96. The Morgan fingerprint density at radius 3 is 2.30 bits per heavy atom. The first-order valence-corrected chi connectivity index (χ1v) is 10.8. The summed E-state index contributed by atoms with van der Waals surface area (Å²) in [7, 11) is 0. The lowest BCUT2D eigenvalue weighted by Gasteiger charge is -2.30. The third-order valence-electron chi connectivity index (χ3n) is 4.72. The molecular formula is C22H25Cl3N2O3. The SMILES string of the molecule is CC[C@@H](C)NC(=O)[C@H](C)N(Cc1c(Cl)cccc1Cl)C(=O)COc1cccc(Cl)c1. The molecule has 0 fully saturated rings. The minimum Gasteiger partial charge on any atom is -0.484 e. The number of carbonyl (C=O) groups is 2. The maximum Gasteiger partial charge on any atom is 0.261 e. The van der Waals surface area contributed by atoms with E-state index in [4.69, 9.17) is 39.5 Å². The maximum absolute atomic E-state index is 13.0. The summed E-state index contributed by atoms with van der Waals surface area (Å²) in [6.45, 7) is 5.36. The highest BCUT2D eigenvalue weighted by molar-refractivity contribution is 6.36. The first kappa shape index (κ1) is 24.3. The summed E-state index contributed by atoms with van der Waals surface area (Å²) in [5.41, 5.74) is 0.570. The Balaban J connectivity index is 2.22. The van der Waals surface area contributed by atoms with Crippen LogP contribution in [0.1, 0.15) is 32.8 Å². The molecule has 0 heterocycles. The molecule has 2 aromatic rings. The number of hydrogen-bond acceptors (Lipinski definition) is 3. The Bertz CT molecular complexity index is 871. The van der Waals surface area contributed by atoms with Gasteiger partial charge in [0, 0.05) is 33.2 Å². The van der Waals surface area contributed by atoms with E-state index in [-0.39, 0.29) is 31.0 Å². The van der Waals surface area contributed by atoms with Crippen LogP contribution >= 0.6 is 34.8 Å². The quantitative estimate of drug-likeness (QED) is 0.536. The van der Waals surface area contributed by atoms with Gasteiger partial charge in [-0.15, -0.1) is 0 Å². The van der Waals surface area contributed by atoms with Gasteiger partial charge in [-0.1, -0.05) is 53.9 Å². The minimum atomic E-state index is -0.748. The van der Waals surface area contributed by atoms with Gasteiger partial charge in [-0.25, -0.2) is 0 Å². The second-order valence-corrected chi connectivity index (χ2v) is 8.21. The van der Waals surface area contributed by atoms with Crippen LogP contribution in [-0.2, 0) is 16.1 Å². The fraction of sp³-hybridized carbons (Fsp3) is 0.364. The number of nitrogens with one attached hydrogen (secondary N) is 1. The van der Waals surface area contributed by atoms with Gasteiger partial charge < -0.3 is 15.0 Å². The molecule has 5 nitrogen and oxygen atoms in total. The lowest BCUT2D eigenvalue weighted by molar-refractivity contribution is -0.142. The summed E-state index contributed by atoms with van der Waals surface area (Å²) in [4.78, 5) is 27.2. The summed E-state index contributed by atoms with van der Waals surface area (Å²) in [5.74, 6) is -0.176. The topological polar surface area (TPSA) is 58.6 Å². The Morgan fingerprint density at radius 2 is 1.70 bits per heavy atom. The van der Waals surface area contributed by atoms with Gasteiger partial charge in [-0.2, -0.15) is 0 Å². The zero-order valence-electron chi connectivity index (χ0n) is 17.1.